The zero-order chi connectivity index (χ0) is 16.1. The molecule has 1 aliphatic rings. The molecule has 1 saturated carbocycles. The summed E-state index contributed by atoms with van der Waals surface area (Å²) < 4.78 is 13.6. The molecule has 0 radical (unpaired) electrons. The lowest BCUT2D eigenvalue weighted by Gasteiger charge is -2.23. The molecule has 120 valence electrons. The first-order valence-electron chi connectivity index (χ1n) is 7.57. The van der Waals surface area contributed by atoms with Crippen molar-refractivity contribution in [3.05, 3.63) is 24.0 Å². The Hall–Kier alpha value is -2.11. The van der Waals surface area contributed by atoms with Crippen molar-refractivity contribution in [1.82, 2.24) is 5.32 Å². The maximum absolute atomic E-state index is 13.6. The highest BCUT2D eigenvalue weighted by molar-refractivity contribution is 5.97. The maximum Gasteiger partial charge on any atom is 0.246 e. The van der Waals surface area contributed by atoms with Gasteiger partial charge in [0.1, 0.15) is 17.6 Å². The molecule has 1 aliphatic carbocycles. The lowest BCUT2D eigenvalue weighted by molar-refractivity contribution is -0.129. The van der Waals surface area contributed by atoms with Gasteiger partial charge in [0.15, 0.2) is 0 Å². The summed E-state index contributed by atoms with van der Waals surface area (Å²) in [6.45, 7) is 1.56. The number of amides is 2. The van der Waals surface area contributed by atoms with Gasteiger partial charge < -0.3 is 15.7 Å². The smallest absolute Gasteiger partial charge is 0.246 e. The molecule has 1 aromatic rings. The molecular weight excluding hydrogens is 287 g/mol. The van der Waals surface area contributed by atoms with Crippen molar-refractivity contribution in [3.63, 3.8) is 0 Å². The summed E-state index contributed by atoms with van der Waals surface area (Å²) in [7, 11) is 0. The molecule has 0 aromatic heterocycles. The van der Waals surface area contributed by atoms with E-state index in [1.54, 1.807) is 6.92 Å². The van der Waals surface area contributed by atoms with Gasteiger partial charge >= 0.3 is 0 Å². The van der Waals surface area contributed by atoms with Crippen LogP contribution in [0.1, 0.15) is 39.0 Å². The van der Waals surface area contributed by atoms with Crippen LogP contribution in [0.2, 0.25) is 0 Å². The van der Waals surface area contributed by atoms with E-state index in [-0.39, 0.29) is 23.3 Å². The number of phenols is 1. The Morgan fingerprint density at radius 1 is 1.27 bits per heavy atom. The highest BCUT2D eigenvalue weighted by Crippen LogP contribution is 2.24. The highest BCUT2D eigenvalue weighted by atomic mass is 19.1. The van der Waals surface area contributed by atoms with Gasteiger partial charge in [-0.1, -0.05) is 19.3 Å². The van der Waals surface area contributed by atoms with Crippen molar-refractivity contribution in [2.45, 2.75) is 45.1 Å². The summed E-state index contributed by atoms with van der Waals surface area (Å²) in [4.78, 5) is 24.1. The third-order valence-corrected chi connectivity index (χ3v) is 3.94. The van der Waals surface area contributed by atoms with Crippen LogP contribution in [0, 0.1) is 11.7 Å². The van der Waals surface area contributed by atoms with Gasteiger partial charge in [0.05, 0.1) is 5.69 Å². The first-order chi connectivity index (χ1) is 10.5. The van der Waals surface area contributed by atoms with Crippen LogP contribution in [-0.2, 0) is 9.59 Å². The van der Waals surface area contributed by atoms with Gasteiger partial charge in [-0.2, -0.15) is 0 Å². The fourth-order valence-electron chi connectivity index (χ4n) is 2.61. The predicted molar refractivity (Wildman–Crippen MR) is 80.9 cm³/mol. The second-order valence-corrected chi connectivity index (χ2v) is 5.72. The number of halogens is 1. The van der Waals surface area contributed by atoms with Gasteiger partial charge in [-0.05, 0) is 31.9 Å². The average molecular weight is 308 g/mol. The zero-order valence-corrected chi connectivity index (χ0v) is 12.6. The number of phenolic OH excluding ortho intramolecular Hbond substituents is 1. The SMILES string of the molecule is CC(NC(=O)C1CCCCC1)C(=O)Nc1ccc(O)cc1F. The number of rotatable bonds is 4. The fourth-order valence-corrected chi connectivity index (χ4v) is 2.61. The fraction of sp³-hybridized carbons (Fsp3) is 0.500. The molecule has 0 aliphatic heterocycles. The number of nitrogens with one attached hydrogen (secondary N) is 2. The molecule has 2 amide bonds. The lowest BCUT2D eigenvalue weighted by Crippen LogP contribution is -2.44. The van der Waals surface area contributed by atoms with Crippen LogP contribution in [0.15, 0.2) is 18.2 Å². The first kappa shape index (κ1) is 16.3. The number of carbonyl (C=O) groups excluding carboxylic acids is 2. The molecule has 5 nitrogen and oxygen atoms in total. The lowest BCUT2D eigenvalue weighted by atomic mass is 9.88. The molecule has 1 fully saturated rings. The first-order valence-corrected chi connectivity index (χ1v) is 7.57. The van der Waals surface area contributed by atoms with E-state index in [1.165, 1.54) is 12.1 Å². The van der Waals surface area contributed by atoms with Gasteiger partial charge in [-0.3, -0.25) is 9.59 Å². The largest absolute Gasteiger partial charge is 0.508 e. The van der Waals surface area contributed by atoms with Crippen LogP contribution in [0.5, 0.6) is 5.75 Å². The van der Waals surface area contributed by atoms with Gasteiger partial charge in [-0.15, -0.1) is 0 Å². The van der Waals surface area contributed by atoms with Crippen LogP contribution in [0.3, 0.4) is 0 Å². The zero-order valence-electron chi connectivity index (χ0n) is 12.6. The van der Waals surface area contributed by atoms with E-state index < -0.39 is 17.8 Å². The Morgan fingerprint density at radius 2 is 1.95 bits per heavy atom. The van der Waals surface area contributed by atoms with Crippen LogP contribution >= 0.6 is 0 Å². The normalized spacial score (nSPS) is 16.8. The summed E-state index contributed by atoms with van der Waals surface area (Å²) in [6, 6.07) is 2.73. The average Bonchev–Trinajstić information content (AvgIpc) is 2.50. The second kappa shape index (κ2) is 7.24. The maximum atomic E-state index is 13.6. The summed E-state index contributed by atoms with van der Waals surface area (Å²) in [5.74, 6) is -1.58. The molecule has 2 rings (SSSR count). The van der Waals surface area contributed by atoms with Gasteiger partial charge in [0.25, 0.3) is 0 Å². The van der Waals surface area contributed by atoms with E-state index in [9.17, 15) is 14.0 Å². The topological polar surface area (TPSA) is 78.4 Å². The summed E-state index contributed by atoms with van der Waals surface area (Å²) in [6.07, 6.45) is 4.94. The van der Waals surface area contributed by atoms with E-state index in [0.717, 1.165) is 38.2 Å². The van der Waals surface area contributed by atoms with Crippen LogP contribution in [-0.4, -0.2) is 23.0 Å². The standard InChI is InChI=1S/C16H21FN2O3/c1-10(18-16(22)11-5-3-2-4-6-11)15(21)19-14-8-7-12(20)9-13(14)17/h7-11,20H,2-6H2,1H3,(H,18,22)(H,19,21). The highest BCUT2D eigenvalue weighted by Gasteiger charge is 2.24. The van der Waals surface area contributed by atoms with Crippen molar-refractivity contribution < 1.29 is 19.1 Å². The Kier molecular flexibility index (Phi) is 5.35. The Balaban J connectivity index is 1.89. The van der Waals surface area contributed by atoms with E-state index in [0.29, 0.717) is 0 Å². The van der Waals surface area contributed by atoms with Crippen molar-refractivity contribution in [3.8, 4) is 5.75 Å². The van der Waals surface area contributed by atoms with E-state index >= 15 is 0 Å². The minimum Gasteiger partial charge on any atom is -0.508 e. The number of benzene rings is 1. The van der Waals surface area contributed by atoms with Crippen molar-refractivity contribution in [2.75, 3.05) is 5.32 Å². The quantitative estimate of drug-likeness (QED) is 0.748. The summed E-state index contributed by atoms with van der Waals surface area (Å²) in [5.41, 5.74) is -0.0263. The minimum atomic E-state index is -0.748. The molecule has 0 spiro atoms. The minimum absolute atomic E-state index is 0.0263. The Morgan fingerprint density at radius 3 is 2.59 bits per heavy atom. The molecule has 0 heterocycles. The summed E-state index contributed by atoms with van der Waals surface area (Å²) in [5, 5.41) is 14.2. The summed E-state index contributed by atoms with van der Waals surface area (Å²) >= 11 is 0. The molecular formula is C16H21FN2O3. The Bertz CT molecular complexity index is 556. The number of carbonyl (C=O) groups is 2. The monoisotopic (exact) mass is 308 g/mol. The predicted octanol–water partition coefficient (Wildman–Crippen LogP) is 2.55. The van der Waals surface area contributed by atoms with Crippen molar-refractivity contribution in [1.29, 1.82) is 0 Å². The number of hydrogen-bond acceptors (Lipinski definition) is 3. The molecule has 3 N–H and O–H groups in total. The van der Waals surface area contributed by atoms with E-state index in [1.807, 2.05) is 0 Å². The van der Waals surface area contributed by atoms with Gasteiger partial charge in [0.2, 0.25) is 11.8 Å². The van der Waals surface area contributed by atoms with Crippen LogP contribution < -0.4 is 10.6 Å². The third-order valence-electron chi connectivity index (χ3n) is 3.94. The van der Waals surface area contributed by atoms with E-state index in [2.05, 4.69) is 10.6 Å². The third kappa shape index (κ3) is 4.19. The number of anilines is 1. The molecule has 1 atom stereocenters. The van der Waals surface area contributed by atoms with Crippen molar-refractivity contribution in [2.24, 2.45) is 5.92 Å². The molecule has 1 aromatic carbocycles. The Labute approximate surface area is 128 Å². The number of aromatic hydroxyl groups is 1. The van der Waals surface area contributed by atoms with E-state index in [4.69, 9.17) is 5.11 Å². The molecule has 0 bridgehead atoms. The molecule has 1 unspecified atom stereocenters. The molecule has 6 heteroatoms. The van der Waals surface area contributed by atoms with Crippen LogP contribution in [0.4, 0.5) is 10.1 Å². The van der Waals surface area contributed by atoms with Crippen LogP contribution in [0.25, 0.3) is 0 Å². The molecule has 0 saturated heterocycles. The number of hydrogen-bond donors (Lipinski definition) is 3. The molecule has 22 heavy (non-hydrogen) atoms. The van der Waals surface area contributed by atoms with Crippen molar-refractivity contribution >= 4 is 17.5 Å². The van der Waals surface area contributed by atoms with Gasteiger partial charge in [-0.25, -0.2) is 4.39 Å². The second-order valence-electron chi connectivity index (χ2n) is 5.72. The van der Waals surface area contributed by atoms with Gasteiger partial charge in [0, 0.05) is 12.0 Å².